The Labute approximate surface area is 141 Å². The van der Waals surface area contributed by atoms with Crippen molar-refractivity contribution < 1.29 is 4.79 Å². The Morgan fingerprint density at radius 1 is 1.08 bits per heavy atom. The smallest absolute Gasteiger partial charge is 0.274 e. The summed E-state index contributed by atoms with van der Waals surface area (Å²) in [4.78, 5) is 22.3. The molecule has 0 spiro atoms. The van der Waals surface area contributed by atoms with Gasteiger partial charge in [-0.3, -0.25) is 9.78 Å². The molecule has 1 aliphatic heterocycles. The predicted molar refractivity (Wildman–Crippen MR) is 87.4 cm³/mol. The number of aromatic nitrogens is 5. The maximum absolute atomic E-state index is 12.4. The van der Waals surface area contributed by atoms with E-state index in [2.05, 4.69) is 26.5 Å². The van der Waals surface area contributed by atoms with Crippen molar-refractivity contribution >= 4 is 5.91 Å². The molecule has 0 aromatic carbocycles. The summed E-state index contributed by atoms with van der Waals surface area (Å²) < 4.78 is 2.01. The number of carbonyl (C=O) groups excluding carboxylic acids is 1. The number of likely N-dealkylation sites (tertiary alicyclic amines) is 1. The van der Waals surface area contributed by atoms with E-state index in [1.54, 1.807) is 12.4 Å². The van der Waals surface area contributed by atoms with Crippen LogP contribution in [0.5, 0.6) is 0 Å². The molecule has 1 saturated carbocycles. The lowest BCUT2D eigenvalue weighted by Gasteiger charge is -2.31. The van der Waals surface area contributed by atoms with Crippen molar-refractivity contribution in [3.05, 3.63) is 36.2 Å². The van der Waals surface area contributed by atoms with Crippen molar-refractivity contribution in [2.24, 2.45) is 0 Å². The lowest BCUT2D eigenvalue weighted by molar-refractivity contribution is 0.0683. The summed E-state index contributed by atoms with van der Waals surface area (Å²) >= 11 is 0. The Morgan fingerprint density at radius 2 is 1.88 bits per heavy atom. The number of hydrogen-bond acceptors (Lipinski definition) is 5. The second-order valence-corrected chi connectivity index (χ2v) is 6.72. The molecule has 24 heavy (non-hydrogen) atoms. The minimum atomic E-state index is -0.0354. The van der Waals surface area contributed by atoms with Crippen LogP contribution in [-0.4, -0.2) is 48.9 Å². The van der Waals surface area contributed by atoms with Crippen LogP contribution in [0.2, 0.25) is 0 Å². The van der Waals surface area contributed by atoms with E-state index < -0.39 is 0 Å². The zero-order valence-electron chi connectivity index (χ0n) is 13.7. The van der Waals surface area contributed by atoms with Crippen LogP contribution in [0.1, 0.15) is 66.7 Å². The second-order valence-electron chi connectivity index (χ2n) is 6.72. The molecule has 0 unspecified atom stereocenters. The van der Waals surface area contributed by atoms with E-state index in [4.69, 9.17) is 0 Å². The standard InChI is InChI=1S/C17H22N6O/c24-17(15-11-18-7-8-19-15)22-9-5-14(6-10-22)23-12-16(20-21-23)13-3-1-2-4-13/h7-8,11-14H,1-6,9-10H2. The number of nitrogens with zero attached hydrogens (tertiary/aromatic N) is 6. The Bertz CT molecular complexity index is 686. The fourth-order valence-corrected chi connectivity index (χ4v) is 3.78. The van der Waals surface area contributed by atoms with Gasteiger partial charge < -0.3 is 4.90 Å². The highest BCUT2D eigenvalue weighted by atomic mass is 16.2. The molecule has 0 bridgehead atoms. The van der Waals surface area contributed by atoms with E-state index in [-0.39, 0.29) is 5.91 Å². The van der Waals surface area contributed by atoms with E-state index in [9.17, 15) is 4.79 Å². The minimum Gasteiger partial charge on any atom is -0.337 e. The average molecular weight is 326 g/mol. The van der Waals surface area contributed by atoms with Crippen LogP contribution in [0.15, 0.2) is 24.8 Å². The topological polar surface area (TPSA) is 76.8 Å². The summed E-state index contributed by atoms with van der Waals surface area (Å²) in [5, 5.41) is 8.74. The van der Waals surface area contributed by atoms with Crippen LogP contribution >= 0.6 is 0 Å². The third-order valence-electron chi connectivity index (χ3n) is 5.21. The van der Waals surface area contributed by atoms with Gasteiger partial charge in [-0.1, -0.05) is 18.1 Å². The molecule has 2 fully saturated rings. The van der Waals surface area contributed by atoms with Crippen LogP contribution in [0, 0.1) is 0 Å². The summed E-state index contributed by atoms with van der Waals surface area (Å²) in [5.74, 6) is 0.559. The molecule has 126 valence electrons. The van der Waals surface area contributed by atoms with Gasteiger partial charge in [-0.15, -0.1) is 5.10 Å². The number of amides is 1. The van der Waals surface area contributed by atoms with Crippen LogP contribution in [0.4, 0.5) is 0 Å². The molecule has 7 heteroatoms. The molecule has 4 rings (SSSR count). The first-order valence-electron chi connectivity index (χ1n) is 8.78. The van der Waals surface area contributed by atoms with Crippen LogP contribution in [-0.2, 0) is 0 Å². The van der Waals surface area contributed by atoms with Crippen molar-refractivity contribution in [2.75, 3.05) is 13.1 Å². The van der Waals surface area contributed by atoms with E-state index in [1.807, 2.05) is 9.58 Å². The van der Waals surface area contributed by atoms with E-state index in [0.29, 0.717) is 17.7 Å². The largest absolute Gasteiger partial charge is 0.337 e. The molecule has 1 amide bonds. The number of piperidine rings is 1. The third-order valence-corrected chi connectivity index (χ3v) is 5.21. The first-order chi connectivity index (χ1) is 11.8. The minimum absolute atomic E-state index is 0.0354. The van der Waals surface area contributed by atoms with E-state index >= 15 is 0 Å². The molecule has 3 heterocycles. The van der Waals surface area contributed by atoms with Crippen LogP contribution in [0.3, 0.4) is 0 Å². The molecule has 7 nitrogen and oxygen atoms in total. The molecule has 0 N–H and O–H groups in total. The Hall–Kier alpha value is -2.31. The molecule has 0 radical (unpaired) electrons. The highest BCUT2D eigenvalue weighted by Crippen LogP contribution is 2.33. The normalized spacial score (nSPS) is 19.8. The maximum Gasteiger partial charge on any atom is 0.274 e. The van der Waals surface area contributed by atoms with Crippen molar-refractivity contribution in [1.29, 1.82) is 0 Å². The van der Waals surface area contributed by atoms with Gasteiger partial charge in [0.15, 0.2) is 0 Å². The average Bonchev–Trinajstić information content (AvgIpc) is 3.33. The first kappa shape index (κ1) is 15.2. The van der Waals surface area contributed by atoms with Gasteiger partial charge in [0, 0.05) is 37.6 Å². The Balaban J connectivity index is 1.37. The number of carbonyl (C=O) groups is 1. The van der Waals surface area contributed by atoms with Gasteiger partial charge >= 0.3 is 0 Å². The molecule has 2 aromatic heterocycles. The van der Waals surface area contributed by atoms with E-state index in [0.717, 1.165) is 31.6 Å². The Morgan fingerprint density at radius 3 is 2.58 bits per heavy atom. The molecule has 2 aromatic rings. The summed E-state index contributed by atoms with van der Waals surface area (Å²) in [6.45, 7) is 1.44. The van der Waals surface area contributed by atoms with Crippen molar-refractivity contribution in [3.63, 3.8) is 0 Å². The van der Waals surface area contributed by atoms with Crippen molar-refractivity contribution in [1.82, 2.24) is 29.9 Å². The third kappa shape index (κ3) is 3.02. The molecule has 0 atom stereocenters. The van der Waals surface area contributed by atoms with Gasteiger partial charge in [-0.05, 0) is 25.7 Å². The summed E-state index contributed by atoms with van der Waals surface area (Å²) in [5.41, 5.74) is 1.56. The first-order valence-corrected chi connectivity index (χ1v) is 8.78. The monoisotopic (exact) mass is 326 g/mol. The molecular formula is C17H22N6O. The summed E-state index contributed by atoms with van der Waals surface area (Å²) in [6.07, 6.45) is 13.7. The summed E-state index contributed by atoms with van der Waals surface area (Å²) in [6, 6.07) is 0.332. The van der Waals surface area contributed by atoms with Gasteiger partial charge in [0.2, 0.25) is 0 Å². The fraction of sp³-hybridized carbons (Fsp3) is 0.588. The highest BCUT2D eigenvalue weighted by Gasteiger charge is 2.27. The second kappa shape index (κ2) is 6.67. The van der Waals surface area contributed by atoms with Crippen molar-refractivity contribution in [2.45, 2.75) is 50.5 Å². The maximum atomic E-state index is 12.4. The molecule has 2 aliphatic rings. The van der Waals surface area contributed by atoms with Gasteiger partial charge in [0.25, 0.3) is 5.91 Å². The van der Waals surface area contributed by atoms with Gasteiger partial charge in [-0.25, -0.2) is 9.67 Å². The van der Waals surface area contributed by atoms with E-state index in [1.165, 1.54) is 31.9 Å². The van der Waals surface area contributed by atoms with Crippen LogP contribution in [0.25, 0.3) is 0 Å². The lowest BCUT2D eigenvalue weighted by atomic mass is 10.0. The lowest BCUT2D eigenvalue weighted by Crippen LogP contribution is -2.39. The Kier molecular flexibility index (Phi) is 4.23. The SMILES string of the molecule is O=C(c1cnccn1)N1CCC(n2cc(C3CCCC3)nn2)CC1. The quantitative estimate of drug-likeness (QED) is 0.864. The van der Waals surface area contributed by atoms with Gasteiger partial charge in [-0.2, -0.15) is 0 Å². The zero-order valence-corrected chi connectivity index (χ0v) is 13.7. The zero-order chi connectivity index (χ0) is 16.4. The predicted octanol–water partition coefficient (Wildman–Crippen LogP) is 2.20. The number of hydrogen-bond donors (Lipinski definition) is 0. The number of rotatable bonds is 3. The summed E-state index contributed by atoms with van der Waals surface area (Å²) in [7, 11) is 0. The van der Waals surface area contributed by atoms with Crippen molar-refractivity contribution in [3.8, 4) is 0 Å². The molecule has 1 aliphatic carbocycles. The molecule has 1 saturated heterocycles. The van der Waals surface area contributed by atoms with Crippen LogP contribution < -0.4 is 0 Å². The van der Waals surface area contributed by atoms with Gasteiger partial charge in [0.1, 0.15) is 5.69 Å². The highest BCUT2D eigenvalue weighted by molar-refractivity contribution is 5.92. The van der Waals surface area contributed by atoms with Gasteiger partial charge in [0.05, 0.1) is 17.9 Å². The fourth-order valence-electron chi connectivity index (χ4n) is 3.78. The molecular weight excluding hydrogens is 304 g/mol.